The van der Waals surface area contributed by atoms with Gasteiger partial charge in [-0.15, -0.1) is 0 Å². The molecule has 10 rings (SSSR count). The van der Waals surface area contributed by atoms with E-state index >= 15 is 0 Å². The van der Waals surface area contributed by atoms with Crippen LogP contribution in [0.15, 0.2) is 224 Å². The molecule has 0 N–H and O–H groups in total. The zero-order chi connectivity index (χ0) is 36.6. The minimum absolute atomic E-state index is 1.10. The van der Waals surface area contributed by atoms with Gasteiger partial charge in [0, 0.05) is 17.1 Å². The lowest BCUT2D eigenvalue weighted by Crippen LogP contribution is -2.09. The molecule has 0 fully saturated rings. The summed E-state index contributed by atoms with van der Waals surface area (Å²) in [6.07, 6.45) is 0. The van der Waals surface area contributed by atoms with Gasteiger partial charge in [0.25, 0.3) is 0 Å². The van der Waals surface area contributed by atoms with Gasteiger partial charge in [-0.1, -0.05) is 170 Å². The average molecular weight is 700 g/mol. The van der Waals surface area contributed by atoms with Crippen molar-refractivity contribution in [1.82, 2.24) is 0 Å². The van der Waals surface area contributed by atoms with Gasteiger partial charge in [-0.25, -0.2) is 0 Å². The van der Waals surface area contributed by atoms with Crippen LogP contribution in [0.1, 0.15) is 0 Å². The quantitative estimate of drug-likeness (QED) is 0.150. The predicted molar refractivity (Wildman–Crippen MR) is 235 cm³/mol. The molecule has 0 unspecified atom stereocenters. The molecule has 0 aromatic heterocycles. The first-order valence-corrected chi connectivity index (χ1v) is 18.9. The van der Waals surface area contributed by atoms with E-state index in [-0.39, 0.29) is 0 Å². The molecule has 258 valence electrons. The molecule has 55 heavy (non-hydrogen) atoms. The molecule has 0 radical (unpaired) electrons. The zero-order valence-corrected chi connectivity index (χ0v) is 30.3. The highest BCUT2D eigenvalue weighted by molar-refractivity contribution is 6.13. The summed E-state index contributed by atoms with van der Waals surface area (Å²) in [5.74, 6) is 0. The lowest BCUT2D eigenvalue weighted by atomic mass is 9.93. The maximum Gasteiger partial charge on any atom is 0.0462 e. The van der Waals surface area contributed by atoms with E-state index in [9.17, 15) is 0 Å². The second-order valence-corrected chi connectivity index (χ2v) is 14.2. The van der Waals surface area contributed by atoms with Crippen molar-refractivity contribution in [2.24, 2.45) is 0 Å². The van der Waals surface area contributed by atoms with E-state index in [0.717, 1.165) is 17.1 Å². The third-order valence-electron chi connectivity index (χ3n) is 10.8. The van der Waals surface area contributed by atoms with E-state index in [2.05, 4.69) is 229 Å². The Morgan fingerprint density at radius 3 is 1.29 bits per heavy atom. The molecule has 1 nitrogen and oxygen atoms in total. The zero-order valence-electron chi connectivity index (χ0n) is 30.3. The second kappa shape index (κ2) is 14.0. The van der Waals surface area contributed by atoms with Crippen LogP contribution < -0.4 is 4.90 Å². The van der Waals surface area contributed by atoms with Gasteiger partial charge >= 0.3 is 0 Å². The number of nitrogens with zero attached hydrogens (tertiary/aromatic N) is 1. The molecule has 10 aromatic rings. The Kier molecular flexibility index (Phi) is 8.24. The Hall–Kier alpha value is -7.22. The first kappa shape index (κ1) is 32.4. The molecule has 0 heterocycles. The number of hydrogen-bond acceptors (Lipinski definition) is 1. The van der Waals surface area contributed by atoms with E-state index in [4.69, 9.17) is 0 Å². The fraction of sp³-hybridized carbons (Fsp3) is 0. The summed E-state index contributed by atoms with van der Waals surface area (Å²) < 4.78 is 0. The van der Waals surface area contributed by atoms with Crippen LogP contribution in [0.4, 0.5) is 17.1 Å². The predicted octanol–water partition coefficient (Wildman–Crippen LogP) is 15.3. The first-order chi connectivity index (χ1) is 27.2. The number of anilines is 3. The fourth-order valence-electron chi connectivity index (χ4n) is 8.01. The molecule has 0 bridgehead atoms. The van der Waals surface area contributed by atoms with E-state index in [1.54, 1.807) is 0 Å². The van der Waals surface area contributed by atoms with Crippen LogP contribution in [0.2, 0.25) is 0 Å². The molecule has 0 saturated carbocycles. The monoisotopic (exact) mass is 699 g/mol. The third kappa shape index (κ3) is 6.22. The molecule has 0 aliphatic carbocycles. The maximum absolute atomic E-state index is 2.36. The van der Waals surface area contributed by atoms with Crippen LogP contribution in [-0.4, -0.2) is 0 Å². The minimum atomic E-state index is 1.10. The summed E-state index contributed by atoms with van der Waals surface area (Å²) in [5.41, 5.74) is 13.0. The smallest absolute Gasteiger partial charge is 0.0462 e. The van der Waals surface area contributed by atoms with Crippen molar-refractivity contribution in [3.8, 4) is 44.5 Å². The second-order valence-electron chi connectivity index (χ2n) is 14.2. The number of rotatable bonds is 7. The average Bonchev–Trinajstić information content (AvgIpc) is 3.27. The standard InChI is InChI=1S/C54H37N/c1-2-11-38(12-3-1)44-16-10-17-45(35-44)40-23-29-48(30-24-40)55(49-31-25-41(26-32-49)46-22-21-39-13-4-5-14-43(39)36-46)50-33-27-42(28-34-50)54-37-47-15-6-7-18-51(47)52-19-8-9-20-53(52)54/h1-37H. The van der Waals surface area contributed by atoms with Crippen molar-refractivity contribution in [3.63, 3.8) is 0 Å². The van der Waals surface area contributed by atoms with Crippen LogP contribution in [0, 0.1) is 0 Å². The lowest BCUT2D eigenvalue weighted by Gasteiger charge is -2.26. The maximum atomic E-state index is 2.36. The number of benzene rings is 10. The third-order valence-corrected chi connectivity index (χ3v) is 10.8. The Labute approximate surface area is 322 Å². The molecule has 0 saturated heterocycles. The molecule has 0 atom stereocenters. The van der Waals surface area contributed by atoms with Crippen molar-refractivity contribution in [3.05, 3.63) is 224 Å². The van der Waals surface area contributed by atoms with E-state index in [1.165, 1.54) is 76.8 Å². The highest BCUT2D eigenvalue weighted by atomic mass is 15.1. The molecule has 0 spiro atoms. The highest BCUT2D eigenvalue weighted by Crippen LogP contribution is 2.40. The van der Waals surface area contributed by atoms with Crippen molar-refractivity contribution >= 4 is 49.4 Å². The van der Waals surface area contributed by atoms with Gasteiger partial charge in [-0.05, 0) is 131 Å². The van der Waals surface area contributed by atoms with Gasteiger partial charge in [0.15, 0.2) is 0 Å². The Morgan fingerprint density at radius 1 is 0.218 bits per heavy atom. The van der Waals surface area contributed by atoms with Crippen molar-refractivity contribution in [2.75, 3.05) is 4.90 Å². The van der Waals surface area contributed by atoms with Crippen LogP contribution in [0.3, 0.4) is 0 Å². The number of hydrogen-bond donors (Lipinski definition) is 0. The van der Waals surface area contributed by atoms with Gasteiger partial charge in [-0.2, -0.15) is 0 Å². The summed E-state index contributed by atoms with van der Waals surface area (Å²) in [7, 11) is 0. The summed E-state index contributed by atoms with van der Waals surface area (Å²) in [5, 5.41) is 7.59. The first-order valence-electron chi connectivity index (χ1n) is 18.9. The normalized spacial score (nSPS) is 11.3. The van der Waals surface area contributed by atoms with E-state index in [1.807, 2.05) is 0 Å². The van der Waals surface area contributed by atoms with Crippen LogP contribution in [0.5, 0.6) is 0 Å². The summed E-state index contributed by atoms with van der Waals surface area (Å²) in [6.45, 7) is 0. The summed E-state index contributed by atoms with van der Waals surface area (Å²) in [6, 6.07) is 81.4. The van der Waals surface area contributed by atoms with Gasteiger partial charge in [0.05, 0.1) is 0 Å². The van der Waals surface area contributed by atoms with Gasteiger partial charge in [-0.3, -0.25) is 0 Å². The van der Waals surface area contributed by atoms with Crippen LogP contribution >= 0.6 is 0 Å². The van der Waals surface area contributed by atoms with Gasteiger partial charge < -0.3 is 4.90 Å². The summed E-state index contributed by atoms with van der Waals surface area (Å²) in [4.78, 5) is 2.36. The van der Waals surface area contributed by atoms with Crippen molar-refractivity contribution < 1.29 is 0 Å². The molecule has 0 amide bonds. The topological polar surface area (TPSA) is 3.24 Å². The molecule has 0 aliphatic rings. The molecular formula is C54H37N. The van der Waals surface area contributed by atoms with Crippen molar-refractivity contribution in [1.29, 1.82) is 0 Å². The molecule has 10 aromatic carbocycles. The molecule has 0 aliphatic heterocycles. The van der Waals surface area contributed by atoms with Gasteiger partial charge in [0.2, 0.25) is 0 Å². The fourth-order valence-corrected chi connectivity index (χ4v) is 8.01. The molecular weight excluding hydrogens is 663 g/mol. The minimum Gasteiger partial charge on any atom is -0.311 e. The molecule has 1 heteroatoms. The Bertz CT molecular complexity index is 2940. The Morgan fingerprint density at radius 2 is 0.655 bits per heavy atom. The van der Waals surface area contributed by atoms with Crippen LogP contribution in [-0.2, 0) is 0 Å². The lowest BCUT2D eigenvalue weighted by molar-refractivity contribution is 1.28. The van der Waals surface area contributed by atoms with Gasteiger partial charge in [0.1, 0.15) is 0 Å². The SMILES string of the molecule is c1ccc(-c2cccc(-c3ccc(N(c4ccc(-c5ccc6ccccc6c5)cc4)c4ccc(-c5cc6ccccc6c6ccccc56)cc4)cc3)c2)cc1. The van der Waals surface area contributed by atoms with Crippen LogP contribution in [0.25, 0.3) is 76.8 Å². The Balaban J connectivity index is 1.04. The largest absolute Gasteiger partial charge is 0.311 e. The number of fused-ring (bicyclic) bond motifs is 4. The highest BCUT2D eigenvalue weighted by Gasteiger charge is 2.15. The van der Waals surface area contributed by atoms with Crippen molar-refractivity contribution in [2.45, 2.75) is 0 Å². The van der Waals surface area contributed by atoms with E-state index < -0.39 is 0 Å². The van der Waals surface area contributed by atoms with E-state index in [0.29, 0.717) is 0 Å². The summed E-state index contributed by atoms with van der Waals surface area (Å²) >= 11 is 0.